The molecule has 0 heterocycles. The molecule has 0 aromatic carbocycles. The summed E-state index contributed by atoms with van der Waals surface area (Å²) in [4.78, 5) is 38.2. The third-order valence-corrected chi connectivity index (χ3v) is 13.2. The van der Waals surface area contributed by atoms with Gasteiger partial charge in [-0.2, -0.15) is 0 Å². The summed E-state index contributed by atoms with van der Waals surface area (Å²) in [5.41, 5.74) is 0. The first-order valence-electron chi connectivity index (χ1n) is 32.5. The third kappa shape index (κ3) is 63.9. The fraction of sp³-hybridized carbons (Fsp3) is 0.608. The molecule has 0 aromatic heterocycles. The summed E-state index contributed by atoms with van der Waals surface area (Å²) in [7, 11) is 0. The molecule has 450 valence electrons. The highest BCUT2D eigenvalue weighted by molar-refractivity contribution is 5.71. The molecule has 0 amide bonds. The van der Waals surface area contributed by atoms with Crippen LogP contribution in [0.25, 0.3) is 0 Å². The molecule has 0 aliphatic heterocycles. The Bertz CT molecular complexity index is 1790. The van der Waals surface area contributed by atoms with E-state index in [1.807, 2.05) is 0 Å². The van der Waals surface area contributed by atoms with Gasteiger partial charge in [-0.1, -0.05) is 256 Å². The van der Waals surface area contributed by atoms with E-state index in [9.17, 15) is 14.4 Å². The monoisotopic (exact) mass is 1100 g/mol. The number of carbonyl (C=O) groups is 3. The van der Waals surface area contributed by atoms with Crippen LogP contribution in [0.3, 0.4) is 0 Å². The molecule has 80 heavy (non-hydrogen) atoms. The van der Waals surface area contributed by atoms with Gasteiger partial charge in [0.05, 0.1) is 0 Å². The van der Waals surface area contributed by atoms with Crippen LogP contribution < -0.4 is 0 Å². The van der Waals surface area contributed by atoms with Crippen LogP contribution in [0.4, 0.5) is 0 Å². The van der Waals surface area contributed by atoms with Crippen molar-refractivity contribution in [1.82, 2.24) is 0 Å². The van der Waals surface area contributed by atoms with Crippen LogP contribution in [0.2, 0.25) is 0 Å². The highest BCUT2D eigenvalue weighted by Gasteiger charge is 2.19. The lowest BCUT2D eigenvalue weighted by Gasteiger charge is -2.18. The minimum Gasteiger partial charge on any atom is -0.462 e. The van der Waals surface area contributed by atoms with Crippen molar-refractivity contribution in [2.24, 2.45) is 0 Å². The van der Waals surface area contributed by atoms with Crippen molar-refractivity contribution in [2.45, 2.75) is 277 Å². The van der Waals surface area contributed by atoms with E-state index in [0.717, 1.165) is 173 Å². The van der Waals surface area contributed by atoms with Crippen LogP contribution in [-0.4, -0.2) is 37.2 Å². The van der Waals surface area contributed by atoms with Gasteiger partial charge in [0.2, 0.25) is 0 Å². The number of unbranched alkanes of at least 4 members (excludes halogenated alkanes) is 20. The van der Waals surface area contributed by atoms with Gasteiger partial charge >= 0.3 is 17.9 Å². The Morgan fingerprint density at radius 1 is 0.263 bits per heavy atom. The molecule has 0 saturated carbocycles. The van der Waals surface area contributed by atoms with Gasteiger partial charge in [-0.15, -0.1) is 0 Å². The molecule has 0 aliphatic carbocycles. The summed E-state index contributed by atoms with van der Waals surface area (Å²) >= 11 is 0. The number of rotatable bonds is 57. The highest BCUT2D eigenvalue weighted by atomic mass is 16.6. The zero-order chi connectivity index (χ0) is 57.8. The minimum atomic E-state index is -0.806. The third-order valence-electron chi connectivity index (χ3n) is 13.2. The van der Waals surface area contributed by atoms with Gasteiger partial charge in [0, 0.05) is 19.3 Å². The molecule has 6 heteroatoms. The van der Waals surface area contributed by atoms with Crippen molar-refractivity contribution in [1.29, 1.82) is 0 Å². The van der Waals surface area contributed by atoms with Crippen molar-refractivity contribution >= 4 is 17.9 Å². The SMILES string of the molecule is CC/C=C\C/C=C\C/C=C\C/C=C\C/C=C\C/C=C\C/C=C\C/C=C\C/C=C\C/C=C\CCCCCCC(=O)OCC(COC(=O)CCCCCCC/C=C\CCCCC)OC(=O)CCCCCCC/C=C\C/C=C\CCCCC. The predicted octanol–water partition coefficient (Wildman–Crippen LogP) is 22.5. The first kappa shape index (κ1) is 75.0. The molecule has 0 fully saturated rings. The summed E-state index contributed by atoms with van der Waals surface area (Å²) in [6.07, 6.45) is 96.8. The van der Waals surface area contributed by atoms with Crippen LogP contribution in [-0.2, 0) is 28.6 Å². The quantitative estimate of drug-likeness (QED) is 0.0261. The lowest BCUT2D eigenvalue weighted by molar-refractivity contribution is -0.167. The molecule has 0 N–H and O–H groups in total. The first-order chi connectivity index (χ1) is 39.5. The molecule has 0 radical (unpaired) electrons. The van der Waals surface area contributed by atoms with Gasteiger partial charge < -0.3 is 14.2 Å². The topological polar surface area (TPSA) is 78.9 Å². The number of ether oxygens (including phenoxy) is 3. The summed E-state index contributed by atoms with van der Waals surface area (Å²) in [6.45, 7) is 6.43. The number of hydrogen-bond donors (Lipinski definition) is 0. The summed E-state index contributed by atoms with van der Waals surface area (Å²) in [5, 5.41) is 0. The van der Waals surface area contributed by atoms with E-state index in [4.69, 9.17) is 14.2 Å². The van der Waals surface area contributed by atoms with Gasteiger partial charge in [-0.25, -0.2) is 0 Å². The second-order valence-electron chi connectivity index (χ2n) is 20.9. The number of allylic oxidation sites excluding steroid dienone is 26. The van der Waals surface area contributed by atoms with E-state index in [1.54, 1.807) is 0 Å². The average Bonchev–Trinajstić information content (AvgIpc) is 3.46. The molecule has 1 atom stereocenters. The number of hydrogen-bond acceptors (Lipinski definition) is 6. The van der Waals surface area contributed by atoms with Crippen LogP contribution >= 0.6 is 0 Å². The Labute approximate surface area is 492 Å². The molecule has 0 saturated heterocycles. The normalized spacial score (nSPS) is 13.2. The van der Waals surface area contributed by atoms with E-state index < -0.39 is 6.10 Å². The van der Waals surface area contributed by atoms with E-state index in [0.29, 0.717) is 19.3 Å². The molecule has 6 nitrogen and oxygen atoms in total. The van der Waals surface area contributed by atoms with Crippen molar-refractivity contribution in [2.75, 3.05) is 13.2 Å². The zero-order valence-electron chi connectivity index (χ0n) is 51.5. The molecule has 0 aromatic rings. The Kier molecular flexibility index (Phi) is 62.4. The van der Waals surface area contributed by atoms with Crippen molar-refractivity contribution in [3.63, 3.8) is 0 Å². The Morgan fingerprint density at radius 3 is 0.775 bits per heavy atom. The highest BCUT2D eigenvalue weighted by Crippen LogP contribution is 2.14. The summed E-state index contributed by atoms with van der Waals surface area (Å²) < 4.78 is 16.8. The molecule has 0 spiro atoms. The van der Waals surface area contributed by atoms with E-state index >= 15 is 0 Å². The molecule has 0 rings (SSSR count). The standard InChI is InChI=1S/C74H118O6/c1-4-7-10-13-16-19-22-25-27-28-29-30-31-32-33-34-35-36-37-38-39-40-41-42-43-44-45-46-48-49-52-55-58-61-64-67-73(76)79-70-71(69-78-72(75)66-63-60-57-54-51-24-21-18-15-12-9-6-3)80-74(77)68-65-62-59-56-53-50-47-26-23-20-17-14-11-8-5-2/h7,10,16-21,25-27,29-30,32-33,35-36,38-39,41-42,44-45,47-49,71H,4-6,8-9,11-15,22-24,28,31,34,37,40,43,46,50-70H2,1-3H3/b10-7-,19-16-,20-17-,21-18-,27-25-,30-29-,33-32-,36-35-,39-38-,42-41-,45-44-,47-26-,49-48-. The summed E-state index contributed by atoms with van der Waals surface area (Å²) in [6, 6.07) is 0. The molecule has 0 aliphatic rings. The van der Waals surface area contributed by atoms with Gasteiger partial charge in [0.25, 0.3) is 0 Å². The van der Waals surface area contributed by atoms with Crippen molar-refractivity contribution in [3.05, 3.63) is 158 Å². The number of carbonyl (C=O) groups excluding carboxylic acids is 3. The van der Waals surface area contributed by atoms with Crippen LogP contribution in [0.15, 0.2) is 158 Å². The molecular weight excluding hydrogens is 985 g/mol. The number of esters is 3. The minimum absolute atomic E-state index is 0.101. The zero-order valence-corrected chi connectivity index (χ0v) is 51.5. The Balaban J connectivity index is 4.33. The summed E-state index contributed by atoms with van der Waals surface area (Å²) in [5.74, 6) is -0.953. The molecule has 0 bridgehead atoms. The predicted molar refractivity (Wildman–Crippen MR) is 348 cm³/mol. The maximum atomic E-state index is 12.9. The first-order valence-corrected chi connectivity index (χ1v) is 32.5. The van der Waals surface area contributed by atoms with Gasteiger partial charge in [0.15, 0.2) is 6.10 Å². The van der Waals surface area contributed by atoms with Crippen LogP contribution in [0, 0.1) is 0 Å². The van der Waals surface area contributed by atoms with Crippen LogP contribution in [0.5, 0.6) is 0 Å². The second-order valence-corrected chi connectivity index (χ2v) is 20.9. The maximum Gasteiger partial charge on any atom is 0.306 e. The fourth-order valence-electron chi connectivity index (χ4n) is 8.38. The van der Waals surface area contributed by atoms with Gasteiger partial charge in [0.1, 0.15) is 13.2 Å². The fourth-order valence-corrected chi connectivity index (χ4v) is 8.38. The maximum absolute atomic E-state index is 12.9. The Hall–Kier alpha value is -4.97. The van der Waals surface area contributed by atoms with E-state index in [1.165, 1.54) is 57.8 Å². The van der Waals surface area contributed by atoms with E-state index in [-0.39, 0.29) is 31.1 Å². The largest absolute Gasteiger partial charge is 0.462 e. The van der Waals surface area contributed by atoms with Crippen LogP contribution in [0.1, 0.15) is 271 Å². The van der Waals surface area contributed by atoms with Crippen molar-refractivity contribution < 1.29 is 28.6 Å². The lowest BCUT2D eigenvalue weighted by atomic mass is 10.1. The van der Waals surface area contributed by atoms with E-state index in [2.05, 4.69) is 179 Å². The smallest absolute Gasteiger partial charge is 0.306 e. The second kappa shape index (κ2) is 66.5. The average molecular weight is 1100 g/mol. The van der Waals surface area contributed by atoms with Gasteiger partial charge in [-0.3, -0.25) is 14.4 Å². The lowest BCUT2D eigenvalue weighted by Crippen LogP contribution is -2.30. The van der Waals surface area contributed by atoms with Gasteiger partial charge in [-0.05, 0) is 154 Å². The van der Waals surface area contributed by atoms with Crippen molar-refractivity contribution in [3.8, 4) is 0 Å². The molecule has 1 unspecified atom stereocenters. The molecular formula is C74H118O6. The Morgan fingerprint density at radius 2 is 0.487 bits per heavy atom.